The van der Waals surface area contributed by atoms with Gasteiger partial charge in [-0.2, -0.15) is 0 Å². The van der Waals surface area contributed by atoms with Crippen molar-refractivity contribution in [1.82, 2.24) is 0 Å². The van der Waals surface area contributed by atoms with E-state index in [0.29, 0.717) is 26.1 Å². The maximum atomic E-state index is 12.1. The Morgan fingerprint density at radius 1 is 0.909 bits per heavy atom. The second kappa shape index (κ2) is 11.2. The molecule has 0 heterocycles. The van der Waals surface area contributed by atoms with E-state index in [1.165, 1.54) is 7.11 Å². The zero-order chi connectivity index (χ0) is 16.2. The lowest BCUT2D eigenvalue weighted by Crippen LogP contribution is -2.33. The molecule has 22 heavy (non-hydrogen) atoms. The van der Waals surface area contributed by atoms with Crippen molar-refractivity contribution < 1.29 is 28.5 Å². The van der Waals surface area contributed by atoms with E-state index in [1.54, 1.807) is 7.11 Å². The van der Waals surface area contributed by atoms with Crippen LogP contribution in [0.1, 0.15) is 25.7 Å². The van der Waals surface area contributed by atoms with E-state index in [2.05, 4.69) is 0 Å². The molecule has 0 fully saturated rings. The van der Waals surface area contributed by atoms with Crippen LogP contribution in [-0.4, -0.2) is 52.6 Å². The Balaban J connectivity index is 2.20. The van der Waals surface area contributed by atoms with Crippen LogP contribution in [0.2, 0.25) is 0 Å². The summed E-state index contributed by atoms with van der Waals surface area (Å²) >= 11 is 0. The van der Waals surface area contributed by atoms with Gasteiger partial charge in [-0.05, 0) is 25.7 Å². The van der Waals surface area contributed by atoms with Crippen LogP contribution in [0, 0.1) is 11.8 Å². The van der Waals surface area contributed by atoms with Gasteiger partial charge >= 0.3 is 11.9 Å². The van der Waals surface area contributed by atoms with Crippen LogP contribution in [0.15, 0.2) is 12.2 Å². The largest absolute Gasteiger partial charge is 0.469 e. The summed E-state index contributed by atoms with van der Waals surface area (Å²) in [5, 5.41) is 0. The van der Waals surface area contributed by atoms with Crippen molar-refractivity contribution in [2.45, 2.75) is 25.7 Å². The number of methoxy groups -OCH3 is 2. The topological polar surface area (TPSA) is 71.1 Å². The number of carbonyl (C=O) groups is 2. The predicted octanol–water partition coefficient (Wildman–Crippen LogP) is 1.73. The molecule has 0 radical (unpaired) electrons. The summed E-state index contributed by atoms with van der Waals surface area (Å²) in [4.78, 5) is 23.8. The zero-order valence-corrected chi connectivity index (χ0v) is 13.4. The van der Waals surface area contributed by atoms with Crippen molar-refractivity contribution in [3.63, 3.8) is 0 Å². The summed E-state index contributed by atoms with van der Waals surface area (Å²) in [5.41, 5.74) is 0. The molecule has 0 N–H and O–H groups in total. The Hall–Kier alpha value is -1.40. The molecule has 6 heteroatoms. The van der Waals surface area contributed by atoms with Gasteiger partial charge in [0.25, 0.3) is 0 Å². The molecule has 2 unspecified atom stereocenters. The van der Waals surface area contributed by atoms with Gasteiger partial charge in [0.2, 0.25) is 0 Å². The number of unbranched alkanes of at least 4 members (excludes halogenated alkanes) is 1. The van der Waals surface area contributed by atoms with Crippen LogP contribution in [0.4, 0.5) is 0 Å². The molecular weight excluding hydrogens is 288 g/mol. The van der Waals surface area contributed by atoms with E-state index in [-0.39, 0.29) is 18.5 Å². The van der Waals surface area contributed by atoms with Crippen LogP contribution in [0.3, 0.4) is 0 Å². The molecule has 0 amide bonds. The summed E-state index contributed by atoms with van der Waals surface area (Å²) < 4.78 is 20.3. The third-order valence-electron chi connectivity index (χ3n) is 3.60. The monoisotopic (exact) mass is 314 g/mol. The minimum atomic E-state index is -0.459. The molecule has 2 atom stereocenters. The quantitative estimate of drug-likeness (QED) is 0.347. The molecule has 1 aliphatic rings. The van der Waals surface area contributed by atoms with Gasteiger partial charge in [-0.1, -0.05) is 12.2 Å². The van der Waals surface area contributed by atoms with Crippen molar-refractivity contribution in [2.75, 3.05) is 40.6 Å². The van der Waals surface area contributed by atoms with Gasteiger partial charge < -0.3 is 18.9 Å². The van der Waals surface area contributed by atoms with Gasteiger partial charge in [0.1, 0.15) is 6.61 Å². The molecule has 0 spiro atoms. The second-order valence-electron chi connectivity index (χ2n) is 5.16. The zero-order valence-electron chi connectivity index (χ0n) is 13.4. The van der Waals surface area contributed by atoms with Crippen molar-refractivity contribution in [2.24, 2.45) is 11.8 Å². The Labute approximate surface area is 131 Å². The lowest BCUT2D eigenvalue weighted by atomic mass is 9.83. The van der Waals surface area contributed by atoms with Crippen molar-refractivity contribution in [1.29, 1.82) is 0 Å². The molecule has 126 valence electrons. The molecule has 0 aromatic heterocycles. The lowest BCUT2D eigenvalue weighted by Gasteiger charge is -2.24. The van der Waals surface area contributed by atoms with E-state index >= 15 is 0 Å². The first kappa shape index (κ1) is 18.6. The minimum Gasteiger partial charge on any atom is -0.469 e. The number of hydrogen-bond donors (Lipinski definition) is 0. The minimum absolute atomic E-state index is 0.206. The standard InChI is InChI=1S/C16H26O6/c1-19-9-5-6-10-21-11-12-22-16(18)14-8-4-3-7-13(14)15(17)20-2/h3-4,13-14H,5-12H2,1-2H3. The second-order valence-corrected chi connectivity index (χ2v) is 5.16. The van der Waals surface area contributed by atoms with Crippen LogP contribution in [0.5, 0.6) is 0 Å². The molecule has 1 rings (SSSR count). The van der Waals surface area contributed by atoms with Crippen molar-refractivity contribution in [3.05, 3.63) is 12.2 Å². The Bertz CT molecular complexity index is 366. The summed E-state index contributed by atoms with van der Waals surface area (Å²) in [7, 11) is 3.00. The normalized spacial score (nSPS) is 20.6. The van der Waals surface area contributed by atoms with E-state index in [0.717, 1.165) is 19.4 Å². The molecule has 0 saturated heterocycles. The van der Waals surface area contributed by atoms with Gasteiger partial charge in [0.05, 0.1) is 25.6 Å². The molecule has 0 aromatic rings. The van der Waals surface area contributed by atoms with E-state index < -0.39 is 11.8 Å². The molecule has 0 bridgehead atoms. The summed E-state index contributed by atoms with van der Waals surface area (Å²) in [5.74, 6) is -1.62. The van der Waals surface area contributed by atoms with E-state index in [9.17, 15) is 9.59 Å². The summed E-state index contributed by atoms with van der Waals surface area (Å²) in [6.45, 7) is 1.92. The fourth-order valence-electron chi connectivity index (χ4n) is 2.35. The highest BCUT2D eigenvalue weighted by Crippen LogP contribution is 2.27. The smallest absolute Gasteiger partial charge is 0.310 e. The highest BCUT2D eigenvalue weighted by Gasteiger charge is 2.35. The molecule has 0 saturated carbocycles. The maximum absolute atomic E-state index is 12.1. The first-order chi connectivity index (χ1) is 10.7. The first-order valence-corrected chi connectivity index (χ1v) is 7.66. The number of allylic oxidation sites excluding steroid dienone is 2. The Morgan fingerprint density at radius 3 is 2.18 bits per heavy atom. The molecule has 0 aliphatic heterocycles. The highest BCUT2D eigenvalue weighted by molar-refractivity contribution is 5.82. The lowest BCUT2D eigenvalue weighted by molar-refractivity contribution is -0.160. The van der Waals surface area contributed by atoms with Gasteiger partial charge in [0.15, 0.2) is 0 Å². The predicted molar refractivity (Wildman–Crippen MR) is 80.3 cm³/mol. The molecule has 0 aromatic carbocycles. The Kier molecular flexibility index (Phi) is 9.50. The SMILES string of the molecule is COCCCCOCCOC(=O)C1CC=CCC1C(=O)OC. The van der Waals surface area contributed by atoms with Crippen LogP contribution >= 0.6 is 0 Å². The van der Waals surface area contributed by atoms with Crippen molar-refractivity contribution >= 4 is 11.9 Å². The molecular formula is C16H26O6. The van der Waals surface area contributed by atoms with Gasteiger partial charge in [-0.3, -0.25) is 9.59 Å². The van der Waals surface area contributed by atoms with Crippen LogP contribution in [0.25, 0.3) is 0 Å². The molecule has 1 aliphatic carbocycles. The number of carbonyl (C=O) groups excluding carboxylic acids is 2. The van der Waals surface area contributed by atoms with Gasteiger partial charge in [-0.15, -0.1) is 0 Å². The number of rotatable bonds is 10. The van der Waals surface area contributed by atoms with Crippen LogP contribution < -0.4 is 0 Å². The van der Waals surface area contributed by atoms with E-state index in [1.807, 2.05) is 12.2 Å². The Morgan fingerprint density at radius 2 is 1.55 bits per heavy atom. The van der Waals surface area contributed by atoms with Crippen LogP contribution in [-0.2, 0) is 28.5 Å². The third-order valence-corrected chi connectivity index (χ3v) is 3.60. The third kappa shape index (κ3) is 6.58. The molecule has 6 nitrogen and oxygen atoms in total. The van der Waals surface area contributed by atoms with E-state index in [4.69, 9.17) is 18.9 Å². The van der Waals surface area contributed by atoms with Gasteiger partial charge in [0, 0.05) is 20.3 Å². The summed E-state index contributed by atoms with van der Waals surface area (Å²) in [6, 6.07) is 0. The number of hydrogen-bond acceptors (Lipinski definition) is 6. The summed E-state index contributed by atoms with van der Waals surface area (Å²) in [6.07, 6.45) is 6.69. The average Bonchev–Trinajstić information content (AvgIpc) is 2.56. The fraction of sp³-hybridized carbons (Fsp3) is 0.750. The van der Waals surface area contributed by atoms with Gasteiger partial charge in [-0.25, -0.2) is 0 Å². The number of esters is 2. The number of ether oxygens (including phenoxy) is 4. The first-order valence-electron chi connectivity index (χ1n) is 7.66. The maximum Gasteiger partial charge on any atom is 0.310 e. The fourth-order valence-corrected chi connectivity index (χ4v) is 2.35. The van der Waals surface area contributed by atoms with Crippen molar-refractivity contribution in [3.8, 4) is 0 Å². The average molecular weight is 314 g/mol. The highest BCUT2D eigenvalue weighted by atomic mass is 16.6.